The Balaban J connectivity index is 2.71. The molecule has 1 atom stereocenters. The van der Waals surface area contributed by atoms with Crippen molar-refractivity contribution >= 4 is 5.82 Å². The van der Waals surface area contributed by atoms with Gasteiger partial charge < -0.3 is 5.73 Å². The van der Waals surface area contributed by atoms with E-state index in [0.717, 1.165) is 6.42 Å². The standard InChI is InChI=1S/C15H26N2/c1-4-6-7-8-11-15(3,5-2)13-10-9-12-17-14(13)16/h9-10,12H,4-8,11H2,1-3H3,(H2,16,17). The highest BCUT2D eigenvalue weighted by atomic mass is 14.8. The normalized spacial score (nSPS) is 14.5. The molecule has 0 aliphatic heterocycles. The second-order valence-electron chi connectivity index (χ2n) is 5.16. The van der Waals surface area contributed by atoms with E-state index in [4.69, 9.17) is 5.73 Å². The van der Waals surface area contributed by atoms with Gasteiger partial charge in [-0.05, 0) is 24.3 Å². The van der Waals surface area contributed by atoms with Crippen molar-refractivity contribution in [2.24, 2.45) is 0 Å². The molecule has 0 bridgehead atoms. The monoisotopic (exact) mass is 234 g/mol. The predicted molar refractivity (Wildman–Crippen MR) is 75.1 cm³/mol. The largest absolute Gasteiger partial charge is 0.383 e. The Morgan fingerprint density at radius 3 is 2.59 bits per heavy atom. The average Bonchev–Trinajstić information content (AvgIpc) is 2.35. The molecule has 0 fully saturated rings. The Bertz CT molecular complexity index is 335. The van der Waals surface area contributed by atoms with Crippen LogP contribution in [0.15, 0.2) is 18.3 Å². The number of rotatable bonds is 7. The van der Waals surface area contributed by atoms with E-state index in [2.05, 4.69) is 31.8 Å². The maximum absolute atomic E-state index is 6.00. The second kappa shape index (κ2) is 6.63. The van der Waals surface area contributed by atoms with E-state index in [1.54, 1.807) is 6.20 Å². The van der Waals surface area contributed by atoms with Crippen LogP contribution in [0.5, 0.6) is 0 Å². The van der Waals surface area contributed by atoms with E-state index < -0.39 is 0 Å². The van der Waals surface area contributed by atoms with Crippen molar-refractivity contribution in [2.45, 2.75) is 64.7 Å². The van der Waals surface area contributed by atoms with Crippen LogP contribution in [-0.4, -0.2) is 4.98 Å². The van der Waals surface area contributed by atoms with E-state index in [0.29, 0.717) is 5.82 Å². The summed E-state index contributed by atoms with van der Waals surface area (Å²) in [5.74, 6) is 0.701. The lowest BCUT2D eigenvalue weighted by atomic mass is 9.76. The minimum Gasteiger partial charge on any atom is -0.383 e. The summed E-state index contributed by atoms with van der Waals surface area (Å²) in [6.07, 6.45) is 9.33. The number of aromatic nitrogens is 1. The molecule has 0 spiro atoms. The molecule has 2 nitrogen and oxygen atoms in total. The summed E-state index contributed by atoms with van der Waals surface area (Å²) < 4.78 is 0. The van der Waals surface area contributed by atoms with Crippen molar-refractivity contribution in [3.63, 3.8) is 0 Å². The van der Waals surface area contributed by atoms with Gasteiger partial charge in [0, 0.05) is 11.8 Å². The number of hydrogen-bond donors (Lipinski definition) is 1. The van der Waals surface area contributed by atoms with Crippen LogP contribution < -0.4 is 5.73 Å². The lowest BCUT2D eigenvalue weighted by Gasteiger charge is -2.29. The molecular formula is C15H26N2. The van der Waals surface area contributed by atoms with Crippen molar-refractivity contribution < 1.29 is 0 Å². The van der Waals surface area contributed by atoms with Crippen molar-refractivity contribution in [3.05, 3.63) is 23.9 Å². The average molecular weight is 234 g/mol. The van der Waals surface area contributed by atoms with Crippen molar-refractivity contribution in [2.75, 3.05) is 5.73 Å². The molecule has 1 unspecified atom stereocenters. The molecule has 1 rings (SSSR count). The van der Waals surface area contributed by atoms with Gasteiger partial charge in [-0.25, -0.2) is 4.98 Å². The molecule has 0 aliphatic rings. The molecule has 1 heterocycles. The molecule has 0 radical (unpaired) electrons. The second-order valence-corrected chi connectivity index (χ2v) is 5.16. The Labute approximate surface area is 106 Å². The number of pyridine rings is 1. The van der Waals surface area contributed by atoms with Gasteiger partial charge in [-0.15, -0.1) is 0 Å². The Morgan fingerprint density at radius 1 is 1.24 bits per heavy atom. The van der Waals surface area contributed by atoms with Crippen LogP contribution in [0.4, 0.5) is 5.82 Å². The van der Waals surface area contributed by atoms with Crippen LogP contribution in [0.3, 0.4) is 0 Å². The van der Waals surface area contributed by atoms with Crippen LogP contribution in [0.2, 0.25) is 0 Å². The summed E-state index contributed by atoms with van der Waals surface area (Å²) in [6, 6.07) is 4.12. The molecular weight excluding hydrogens is 208 g/mol. The number of nitrogens with two attached hydrogens (primary N) is 1. The first kappa shape index (κ1) is 14.0. The number of nitrogen functional groups attached to an aromatic ring is 1. The van der Waals surface area contributed by atoms with E-state index >= 15 is 0 Å². The van der Waals surface area contributed by atoms with Gasteiger partial charge in [0.2, 0.25) is 0 Å². The maximum atomic E-state index is 6.00. The quantitative estimate of drug-likeness (QED) is 0.714. The van der Waals surface area contributed by atoms with Gasteiger partial charge >= 0.3 is 0 Å². The number of anilines is 1. The fourth-order valence-electron chi connectivity index (χ4n) is 2.37. The first-order valence-corrected chi connectivity index (χ1v) is 6.85. The smallest absolute Gasteiger partial charge is 0.127 e. The maximum Gasteiger partial charge on any atom is 0.127 e. The van der Waals surface area contributed by atoms with Crippen molar-refractivity contribution in [1.82, 2.24) is 4.98 Å². The third-order valence-corrected chi connectivity index (χ3v) is 3.85. The highest BCUT2D eigenvalue weighted by Crippen LogP contribution is 2.35. The van der Waals surface area contributed by atoms with Gasteiger partial charge in [0.1, 0.15) is 5.82 Å². The first-order valence-electron chi connectivity index (χ1n) is 6.85. The fraction of sp³-hybridized carbons (Fsp3) is 0.667. The zero-order chi connectivity index (χ0) is 12.7. The van der Waals surface area contributed by atoms with E-state index in [1.807, 2.05) is 6.07 Å². The molecule has 0 saturated heterocycles. The minimum absolute atomic E-state index is 0.187. The SMILES string of the molecule is CCCCCCC(C)(CC)c1cccnc1N. The molecule has 17 heavy (non-hydrogen) atoms. The van der Waals surface area contributed by atoms with Crippen LogP contribution in [0.25, 0.3) is 0 Å². The third-order valence-electron chi connectivity index (χ3n) is 3.85. The summed E-state index contributed by atoms with van der Waals surface area (Å²) in [7, 11) is 0. The zero-order valence-electron chi connectivity index (χ0n) is 11.5. The summed E-state index contributed by atoms with van der Waals surface area (Å²) in [5.41, 5.74) is 7.41. The Morgan fingerprint density at radius 2 is 2.00 bits per heavy atom. The van der Waals surface area contributed by atoms with Crippen LogP contribution in [0, 0.1) is 0 Å². The van der Waals surface area contributed by atoms with Crippen LogP contribution >= 0.6 is 0 Å². The van der Waals surface area contributed by atoms with Crippen molar-refractivity contribution in [3.8, 4) is 0 Å². The molecule has 96 valence electrons. The van der Waals surface area contributed by atoms with Gasteiger partial charge in [0.05, 0.1) is 0 Å². The lowest BCUT2D eigenvalue weighted by molar-refractivity contribution is 0.396. The summed E-state index contributed by atoms with van der Waals surface area (Å²) in [5, 5.41) is 0. The molecule has 1 aromatic rings. The third kappa shape index (κ3) is 3.72. The summed E-state index contributed by atoms with van der Waals surface area (Å²) in [6.45, 7) is 6.80. The fourth-order valence-corrected chi connectivity index (χ4v) is 2.37. The molecule has 0 saturated carbocycles. The van der Waals surface area contributed by atoms with Gasteiger partial charge in [-0.1, -0.05) is 52.5 Å². The number of hydrogen-bond acceptors (Lipinski definition) is 2. The minimum atomic E-state index is 0.187. The van der Waals surface area contributed by atoms with Gasteiger partial charge in [-0.3, -0.25) is 0 Å². The number of nitrogens with zero attached hydrogens (tertiary/aromatic N) is 1. The Kier molecular flexibility index (Phi) is 5.46. The van der Waals surface area contributed by atoms with Gasteiger partial charge in [0.25, 0.3) is 0 Å². The highest BCUT2D eigenvalue weighted by molar-refractivity contribution is 5.43. The predicted octanol–water partition coefficient (Wildman–Crippen LogP) is 4.30. The van der Waals surface area contributed by atoms with Crippen LogP contribution in [0.1, 0.15) is 64.9 Å². The van der Waals surface area contributed by atoms with Gasteiger partial charge in [-0.2, -0.15) is 0 Å². The molecule has 2 heteroatoms. The molecule has 0 aromatic carbocycles. The van der Waals surface area contributed by atoms with E-state index in [9.17, 15) is 0 Å². The molecule has 2 N–H and O–H groups in total. The Hall–Kier alpha value is -1.05. The van der Waals surface area contributed by atoms with E-state index in [-0.39, 0.29) is 5.41 Å². The van der Waals surface area contributed by atoms with Crippen LogP contribution in [-0.2, 0) is 5.41 Å². The highest BCUT2D eigenvalue weighted by Gasteiger charge is 2.26. The zero-order valence-corrected chi connectivity index (χ0v) is 11.5. The van der Waals surface area contributed by atoms with Gasteiger partial charge in [0.15, 0.2) is 0 Å². The number of unbranched alkanes of at least 4 members (excludes halogenated alkanes) is 3. The lowest BCUT2D eigenvalue weighted by Crippen LogP contribution is -2.22. The van der Waals surface area contributed by atoms with Crippen molar-refractivity contribution in [1.29, 1.82) is 0 Å². The first-order chi connectivity index (χ1) is 8.14. The summed E-state index contributed by atoms with van der Waals surface area (Å²) in [4.78, 5) is 4.22. The topological polar surface area (TPSA) is 38.9 Å². The molecule has 0 amide bonds. The summed E-state index contributed by atoms with van der Waals surface area (Å²) >= 11 is 0. The molecule has 0 aliphatic carbocycles. The molecule has 1 aromatic heterocycles. The van der Waals surface area contributed by atoms with E-state index in [1.165, 1.54) is 37.7 Å².